The van der Waals surface area contributed by atoms with Crippen LogP contribution in [0.15, 0.2) is 30.3 Å². The van der Waals surface area contributed by atoms with Crippen LogP contribution in [0.1, 0.15) is 49.9 Å². The molecule has 0 saturated heterocycles. The number of nitrogens with zero attached hydrogens (tertiary/aromatic N) is 1. The SMILES string of the molecule is CCc1[c-]ccc(CC)c1NCN(Cl)CCNc1c(CC)cccc1CC.[Cl][Co+]. The summed E-state index contributed by atoms with van der Waals surface area (Å²) in [7, 11) is 4.33. The molecule has 0 bridgehead atoms. The molecule has 0 saturated carbocycles. The van der Waals surface area contributed by atoms with Gasteiger partial charge in [0.05, 0.1) is 6.67 Å². The zero-order valence-corrected chi connectivity index (χ0v) is 20.4. The minimum absolute atomic E-state index is 0.608. The molecule has 2 rings (SSSR count). The molecule has 3 nitrogen and oxygen atoms in total. The van der Waals surface area contributed by atoms with E-state index in [-0.39, 0.29) is 0 Å². The molecule has 2 aromatic carbocycles. The summed E-state index contributed by atoms with van der Waals surface area (Å²) < 4.78 is 1.80. The predicted octanol–water partition coefficient (Wildman–Crippen LogP) is 6.36. The number of hydrogen-bond donors (Lipinski definition) is 2. The summed E-state index contributed by atoms with van der Waals surface area (Å²) >= 11 is 9.49. The third kappa shape index (κ3) is 8.03. The molecule has 0 unspecified atom stereocenters. The summed E-state index contributed by atoms with van der Waals surface area (Å²) in [4.78, 5) is 0. The molecule has 163 valence electrons. The van der Waals surface area contributed by atoms with Crippen molar-refractivity contribution in [2.45, 2.75) is 53.4 Å². The Labute approximate surface area is 194 Å². The topological polar surface area (TPSA) is 27.3 Å². The molecule has 0 amide bonds. The van der Waals surface area contributed by atoms with Crippen molar-refractivity contribution >= 4 is 33.3 Å². The molecule has 0 fully saturated rings. The molecular formula is C23H33Cl2CoN3. The molecule has 2 N–H and O–H groups in total. The molecule has 29 heavy (non-hydrogen) atoms. The van der Waals surface area contributed by atoms with Gasteiger partial charge in [0, 0.05) is 18.8 Å². The summed E-state index contributed by atoms with van der Waals surface area (Å²) in [5.41, 5.74) is 7.74. The fraction of sp³-hybridized carbons (Fsp3) is 0.478. The van der Waals surface area contributed by atoms with Gasteiger partial charge in [0.15, 0.2) is 0 Å². The zero-order valence-electron chi connectivity index (χ0n) is 17.9. The molecule has 0 atom stereocenters. The fourth-order valence-electron chi connectivity index (χ4n) is 3.40. The van der Waals surface area contributed by atoms with E-state index in [4.69, 9.17) is 11.8 Å². The Morgan fingerprint density at radius 2 is 1.45 bits per heavy atom. The fourth-order valence-corrected chi connectivity index (χ4v) is 3.55. The van der Waals surface area contributed by atoms with Gasteiger partial charge < -0.3 is 10.6 Å². The summed E-state index contributed by atoms with van der Waals surface area (Å²) in [5, 5.41) is 7.11. The average Bonchev–Trinajstić information content (AvgIpc) is 2.78. The predicted molar refractivity (Wildman–Crippen MR) is 125 cm³/mol. The van der Waals surface area contributed by atoms with Gasteiger partial charge in [-0.25, -0.2) is 4.42 Å². The first-order chi connectivity index (χ1) is 14.1. The van der Waals surface area contributed by atoms with Gasteiger partial charge in [-0.15, -0.1) is 11.1 Å². The molecule has 0 aliphatic carbocycles. The number of benzene rings is 2. The van der Waals surface area contributed by atoms with Crippen molar-refractivity contribution in [3.05, 3.63) is 58.7 Å². The molecule has 0 aliphatic heterocycles. The van der Waals surface area contributed by atoms with E-state index in [9.17, 15) is 0 Å². The van der Waals surface area contributed by atoms with E-state index in [1.165, 1.54) is 33.6 Å². The molecule has 0 aromatic heterocycles. The zero-order chi connectivity index (χ0) is 21.6. The van der Waals surface area contributed by atoms with Gasteiger partial charge in [0.2, 0.25) is 0 Å². The van der Waals surface area contributed by atoms with Crippen molar-refractivity contribution in [2.75, 3.05) is 30.4 Å². The summed E-state index contributed by atoms with van der Waals surface area (Å²) in [6, 6.07) is 14.0. The van der Waals surface area contributed by atoms with Gasteiger partial charge in [0.1, 0.15) is 0 Å². The molecular weight excluding hydrogens is 448 g/mol. The van der Waals surface area contributed by atoms with Gasteiger partial charge >= 0.3 is 25.0 Å². The van der Waals surface area contributed by atoms with Gasteiger partial charge in [0.25, 0.3) is 0 Å². The van der Waals surface area contributed by atoms with Gasteiger partial charge in [-0.1, -0.05) is 64.4 Å². The third-order valence-electron chi connectivity index (χ3n) is 4.98. The van der Waals surface area contributed by atoms with Crippen molar-refractivity contribution in [1.82, 2.24) is 4.42 Å². The number of para-hydroxylation sites is 1. The normalized spacial score (nSPS) is 10.5. The van der Waals surface area contributed by atoms with E-state index in [1.807, 2.05) is 6.07 Å². The first-order valence-corrected chi connectivity index (χ1v) is 12.1. The summed E-state index contributed by atoms with van der Waals surface area (Å²) in [5.74, 6) is 0. The van der Waals surface area contributed by atoms with Gasteiger partial charge in [-0.2, -0.15) is 18.2 Å². The van der Waals surface area contributed by atoms with Crippen LogP contribution in [0.5, 0.6) is 0 Å². The van der Waals surface area contributed by atoms with Crippen molar-refractivity contribution in [1.29, 1.82) is 0 Å². The third-order valence-corrected chi connectivity index (χ3v) is 5.27. The molecule has 0 spiro atoms. The van der Waals surface area contributed by atoms with Crippen LogP contribution in [0, 0.1) is 6.07 Å². The number of hydrogen-bond acceptors (Lipinski definition) is 3. The van der Waals surface area contributed by atoms with E-state index >= 15 is 0 Å². The molecule has 0 aliphatic rings. The Balaban J connectivity index is 0.00000204. The van der Waals surface area contributed by atoms with E-state index in [1.54, 1.807) is 4.42 Å². The second kappa shape index (κ2) is 15.0. The van der Waals surface area contributed by atoms with Gasteiger partial charge in [-0.05, 0) is 35.7 Å². The van der Waals surface area contributed by atoms with Crippen LogP contribution >= 0.6 is 21.9 Å². The van der Waals surface area contributed by atoms with Crippen molar-refractivity contribution in [2.24, 2.45) is 0 Å². The van der Waals surface area contributed by atoms with Crippen LogP contribution in [0.4, 0.5) is 11.4 Å². The maximum atomic E-state index is 6.46. The number of halogens is 2. The first-order valence-electron chi connectivity index (χ1n) is 10.3. The second-order valence-electron chi connectivity index (χ2n) is 6.67. The standard InChI is InChI=1S/C23H33ClN3.ClH.Co/c1-5-18-11-9-12-19(6-2)22(18)25-15-16-27(24)17-26-23-20(7-3)13-10-14-21(23)8-4;;/h9-13,25-26H,5-8,15-17H2,1-4H3;1H;/q-1;;+2/p-1. The van der Waals surface area contributed by atoms with Crippen LogP contribution in [0.2, 0.25) is 0 Å². The molecule has 0 heterocycles. The van der Waals surface area contributed by atoms with Crippen molar-refractivity contribution in [3.8, 4) is 0 Å². The number of anilines is 2. The number of rotatable bonds is 11. The van der Waals surface area contributed by atoms with Crippen LogP contribution in [-0.4, -0.2) is 24.2 Å². The van der Waals surface area contributed by atoms with Crippen molar-refractivity contribution < 1.29 is 14.8 Å². The number of nitrogens with one attached hydrogen (secondary N) is 2. The Bertz CT molecular complexity index is 681. The average molecular weight is 481 g/mol. The summed E-state index contributed by atoms with van der Waals surface area (Å²) in [6.07, 6.45) is 4.04. The van der Waals surface area contributed by atoms with Crippen LogP contribution in [0.25, 0.3) is 0 Å². The minimum atomic E-state index is 0.608. The van der Waals surface area contributed by atoms with Crippen LogP contribution < -0.4 is 10.6 Å². The first kappa shape index (κ1) is 26.1. The van der Waals surface area contributed by atoms with Crippen LogP contribution in [-0.2, 0) is 40.5 Å². The van der Waals surface area contributed by atoms with E-state index in [2.05, 4.69) is 93.6 Å². The molecule has 2 aromatic rings. The monoisotopic (exact) mass is 480 g/mol. The Kier molecular flexibility index (Phi) is 13.5. The van der Waals surface area contributed by atoms with E-state index in [0.717, 1.165) is 38.8 Å². The molecule has 6 heteroatoms. The Morgan fingerprint density at radius 3 is 2.00 bits per heavy atom. The van der Waals surface area contributed by atoms with Crippen LogP contribution in [0.3, 0.4) is 0 Å². The van der Waals surface area contributed by atoms with E-state index < -0.39 is 0 Å². The molecule has 0 radical (unpaired) electrons. The maximum absolute atomic E-state index is 6.46. The van der Waals surface area contributed by atoms with E-state index in [0.29, 0.717) is 6.67 Å². The second-order valence-corrected chi connectivity index (χ2v) is 7.15. The van der Waals surface area contributed by atoms with Gasteiger partial charge in [-0.3, -0.25) is 0 Å². The summed E-state index contributed by atoms with van der Waals surface area (Å²) in [6.45, 7) is 10.9. The quantitative estimate of drug-likeness (QED) is 0.222. The Morgan fingerprint density at radius 1 is 0.862 bits per heavy atom. The number of aryl methyl sites for hydroxylation is 4. The van der Waals surface area contributed by atoms with Crippen molar-refractivity contribution in [3.63, 3.8) is 0 Å². The Hall–Kier alpha value is -0.914.